The number of rotatable bonds is 0. The molecule has 0 aromatic heterocycles. The van der Waals surface area contributed by atoms with Gasteiger partial charge in [-0.15, -0.1) is 12.6 Å². The summed E-state index contributed by atoms with van der Waals surface area (Å²) in [6.45, 7) is 2.51. The largest absolute Gasteiger partial charge is 0.243 e. The fraction of sp³-hybridized carbons (Fsp3) is 0.667. The van der Waals surface area contributed by atoms with Crippen molar-refractivity contribution in [1.29, 1.82) is 0 Å². The van der Waals surface area contributed by atoms with Crippen LogP contribution < -0.4 is 0 Å². The molecule has 0 amide bonds. The highest BCUT2D eigenvalue weighted by atomic mass is 32.1. The van der Waals surface area contributed by atoms with Crippen LogP contribution >= 0.6 is 12.6 Å². The molecule has 0 aromatic carbocycles. The van der Waals surface area contributed by atoms with Crippen LogP contribution in [0.5, 0.6) is 0 Å². The predicted octanol–water partition coefficient (Wildman–Crippen LogP) is 0.477. The standard InChI is InChI=1S/C3H4OS/c5-3-1-4-2-3/h1,3H,2H2/p+1. The van der Waals surface area contributed by atoms with E-state index >= 15 is 0 Å². The van der Waals surface area contributed by atoms with Gasteiger partial charge in [-0.1, -0.05) is 0 Å². The minimum atomic E-state index is 0.412. The van der Waals surface area contributed by atoms with Crippen LogP contribution in [-0.2, 0) is 4.74 Å². The van der Waals surface area contributed by atoms with Crippen LogP contribution in [0, 0.1) is 6.61 Å². The van der Waals surface area contributed by atoms with E-state index in [2.05, 4.69) is 17.4 Å². The lowest BCUT2D eigenvalue weighted by Gasteiger charge is -2.04. The van der Waals surface area contributed by atoms with Crippen LogP contribution in [0.25, 0.3) is 0 Å². The van der Waals surface area contributed by atoms with Crippen LogP contribution in [0.1, 0.15) is 0 Å². The molecule has 0 spiro atoms. The molecule has 1 fully saturated rings. The number of hydrogen-bond acceptors (Lipinski definition) is 2. The molecule has 0 aromatic rings. The third-order valence-electron chi connectivity index (χ3n) is 0.520. The number of ether oxygens (including phenoxy) is 1. The molecule has 28 valence electrons. The summed E-state index contributed by atoms with van der Waals surface area (Å²) < 4.78 is 4.63. The van der Waals surface area contributed by atoms with Gasteiger partial charge in [0.05, 0.1) is 0 Å². The van der Waals surface area contributed by atoms with Gasteiger partial charge >= 0.3 is 0 Å². The first kappa shape index (κ1) is 3.37. The lowest BCUT2D eigenvalue weighted by molar-refractivity contribution is 0.114. The van der Waals surface area contributed by atoms with Gasteiger partial charge in [0, 0.05) is 0 Å². The molecule has 0 saturated carbocycles. The average molecular weight is 89.1 g/mol. The molecule has 1 unspecified atom stereocenters. The third kappa shape index (κ3) is 0.520. The van der Waals surface area contributed by atoms with Gasteiger partial charge < -0.3 is 0 Å². The Morgan fingerprint density at radius 1 is 2.00 bits per heavy atom. The second-order valence-corrected chi connectivity index (χ2v) is 1.70. The molecule has 1 aliphatic rings. The highest BCUT2D eigenvalue weighted by Crippen LogP contribution is 2.10. The number of thiol groups is 1. The molecule has 1 nitrogen and oxygen atoms in total. The quantitative estimate of drug-likeness (QED) is 0.335. The molecule has 1 rings (SSSR count). The first-order chi connectivity index (χ1) is 2.39. The maximum Gasteiger partial charge on any atom is 0.243 e. The van der Waals surface area contributed by atoms with Crippen molar-refractivity contribution in [3.05, 3.63) is 6.61 Å². The van der Waals surface area contributed by atoms with E-state index in [0.717, 1.165) is 6.61 Å². The zero-order chi connectivity index (χ0) is 3.70. The van der Waals surface area contributed by atoms with E-state index in [1.54, 1.807) is 6.61 Å². The van der Waals surface area contributed by atoms with Gasteiger partial charge in [-0.2, -0.15) is 4.74 Å². The fourth-order valence-corrected chi connectivity index (χ4v) is 0.354. The molecule has 5 heavy (non-hydrogen) atoms. The summed E-state index contributed by atoms with van der Waals surface area (Å²) in [4.78, 5) is 0. The van der Waals surface area contributed by atoms with Crippen molar-refractivity contribution in [2.24, 2.45) is 0 Å². The Labute approximate surface area is 36.7 Å². The summed E-state index contributed by atoms with van der Waals surface area (Å²) >= 11 is 4.00. The summed E-state index contributed by atoms with van der Waals surface area (Å²) in [5.74, 6) is 0. The molecule has 1 aliphatic heterocycles. The van der Waals surface area contributed by atoms with Gasteiger partial charge in [0.1, 0.15) is 0 Å². The lowest BCUT2D eigenvalue weighted by Crippen LogP contribution is -2.21. The van der Waals surface area contributed by atoms with Gasteiger partial charge in [-0.25, -0.2) is 0 Å². The van der Waals surface area contributed by atoms with Gasteiger partial charge in [-0.3, -0.25) is 0 Å². The molecular formula is C3H5OS+. The Bertz CT molecular complexity index is 33.9. The summed E-state index contributed by atoms with van der Waals surface area (Å²) in [7, 11) is 0. The highest BCUT2D eigenvalue weighted by molar-refractivity contribution is 7.81. The summed E-state index contributed by atoms with van der Waals surface area (Å²) in [5, 5.41) is 0.412. The van der Waals surface area contributed by atoms with Crippen molar-refractivity contribution in [3.8, 4) is 0 Å². The van der Waals surface area contributed by atoms with Crippen molar-refractivity contribution in [1.82, 2.24) is 0 Å². The molecule has 2 heteroatoms. The van der Waals surface area contributed by atoms with E-state index in [1.807, 2.05) is 0 Å². The topological polar surface area (TPSA) is 9.23 Å². The Morgan fingerprint density at radius 3 is 2.40 bits per heavy atom. The summed E-state index contributed by atoms with van der Waals surface area (Å²) in [5.41, 5.74) is 0. The normalized spacial score (nSPS) is 35.0. The molecule has 0 N–H and O–H groups in total. The van der Waals surface area contributed by atoms with Gasteiger partial charge in [0.15, 0.2) is 6.61 Å². The van der Waals surface area contributed by atoms with Gasteiger partial charge in [-0.05, 0) is 0 Å². The maximum atomic E-state index is 4.63. The SMILES string of the molecule is SC1[CH+]OC1. The van der Waals surface area contributed by atoms with E-state index in [-0.39, 0.29) is 0 Å². The molecular weight excluding hydrogens is 84.1 g/mol. The fourth-order valence-electron chi connectivity index (χ4n) is 0.182. The highest BCUT2D eigenvalue weighted by Gasteiger charge is 2.25. The second kappa shape index (κ2) is 1.11. The van der Waals surface area contributed by atoms with E-state index in [9.17, 15) is 0 Å². The second-order valence-electron chi connectivity index (χ2n) is 1.04. The lowest BCUT2D eigenvalue weighted by atomic mass is 10.4. The minimum Gasteiger partial charge on any atom is -0.189 e. The Morgan fingerprint density at radius 2 is 2.40 bits per heavy atom. The Hall–Kier alpha value is 0.180. The predicted molar refractivity (Wildman–Crippen MR) is 23.0 cm³/mol. The van der Waals surface area contributed by atoms with Crippen molar-refractivity contribution >= 4 is 12.6 Å². The zero-order valence-electron chi connectivity index (χ0n) is 2.72. The average Bonchev–Trinajstić information content (AvgIpc) is 1.30. The van der Waals surface area contributed by atoms with Crippen molar-refractivity contribution < 1.29 is 4.74 Å². The molecule has 0 aliphatic carbocycles. The van der Waals surface area contributed by atoms with Gasteiger partial charge in [0.2, 0.25) is 11.9 Å². The van der Waals surface area contributed by atoms with E-state index < -0.39 is 0 Å². The van der Waals surface area contributed by atoms with Crippen molar-refractivity contribution in [2.45, 2.75) is 5.25 Å². The molecule has 0 radical (unpaired) electrons. The van der Waals surface area contributed by atoms with Crippen LogP contribution in [-0.4, -0.2) is 11.9 Å². The van der Waals surface area contributed by atoms with Crippen LogP contribution in [0.2, 0.25) is 0 Å². The van der Waals surface area contributed by atoms with Crippen LogP contribution in [0.15, 0.2) is 0 Å². The van der Waals surface area contributed by atoms with E-state index in [0.29, 0.717) is 5.25 Å². The number of hydrogen-bond donors (Lipinski definition) is 1. The molecule has 1 heterocycles. The van der Waals surface area contributed by atoms with E-state index in [1.165, 1.54) is 0 Å². The van der Waals surface area contributed by atoms with Crippen LogP contribution in [0.4, 0.5) is 0 Å². The third-order valence-corrected chi connectivity index (χ3v) is 0.791. The monoisotopic (exact) mass is 89.0 g/mol. The Balaban J connectivity index is 2.08. The van der Waals surface area contributed by atoms with Crippen molar-refractivity contribution in [3.63, 3.8) is 0 Å². The zero-order valence-corrected chi connectivity index (χ0v) is 3.61. The van der Waals surface area contributed by atoms with Gasteiger partial charge in [0.25, 0.3) is 0 Å². The Kier molecular flexibility index (Phi) is 0.747. The maximum absolute atomic E-state index is 4.63. The first-order valence-corrected chi connectivity index (χ1v) is 2.04. The van der Waals surface area contributed by atoms with Crippen molar-refractivity contribution in [2.75, 3.05) is 6.61 Å². The summed E-state index contributed by atoms with van der Waals surface area (Å²) in [6.07, 6.45) is 0. The first-order valence-electron chi connectivity index (χ1n) is 1.52. The van der Waals surface area contributed by atoms with E-state index in [4.69, 9.17) is 0 Å². The molecule has 1 atom stereocenters. The molecule has 1 saturated heterocycles. The smallest absolute Gasteiger partial charge is 0.189 e. The minimum absolute atomic E-state index is 0.412. The van der Waals surface area contributed by atoms with Crippen LogP contribution in [0.3, 0.4) is 0 Å². The molecule has 0 bridgehead atoms. The summed E-state index contributed by atoms with van der Waals surface area (Å²) in [6, 6.07) is 0.